The Kier molecular flexibility index (Phi) is 7.57. The van der Waals surface area contributed by atoms with Gasteiger partial charge in [0, 0.05) is 19.7 Å². The lowest BCUT2D eigenvalue weighted by atomic mass is 10.5. The van der Waals surface area contributed by atoms with Crippen LogP contribution in [0.25, 0.3) is 0 Å². The van der Waals surface area contributed by atoms with Crippen LogP contribution in [-0.2, 0) is 14.4 Å². The average Bonchev–Trinajstić information content (AvgIpc) is 2.02. The zero-order valence-electron chi connectivity index (χ0n) is 6.95. The Morgan fingerprint density at radius 3 is 2.92 bits per heavy atom. The molecule has 5 heteroatoms. The van der Waals surface area contributed by atoms with Crippen molar-refractivity contribution in [3.8, 4) is 0 Å². The number of methoxy groups -OCH3 is 1. The summed E-state index contributed by atoms with van der Waals surface area (Å²) in [6, 6.07) is 0. The van der Waals surface area contributed by atoms with Crippen molar-refractivity contribution in [2.75, 3.05) is 26.9 Å². The van der Waals surface area contributed by atoms with Crippen LogP contribution in [0.15, 0.2) is 12.2 Å². The number of carbonyl (C=O) groups is 1. The average molecular weight is 175 g/mol. The van der Waals surface area contributed by atoms with Crippen LogP contribution < -0.4 is 5.48 Å². The lowest BCUT2D eigenvalue weighted by Gasteiger charge is -2.00. The van der Waals surface area contributed by atoms with Crippen molar-refractivity contribution < 1.29 is 19.5 Å². The summed E-state index contributed by atoms with van der Waals surface area (Å²) in [7, 11) is 1.58. The third-order valence-corrected chi connectivity index (χ3v) is 0.953. The second-order valence-corrected chi connectivity index (χ2v) is 1.93. The fourth-order valence-corrected chi connectivity index (χ4v) is 0.464. The molecule has 0 rings (SSSR count). The molecule has 0 aliphatic rings. The Morgan fingerprint density at radius 2 is 2.33 bits per heavy atom. The third kappa shape index (κ3) is 9.09. The van der Waals surface area contributed by atoms with E-state index >= 15 is 0 Å². The van der Waals surface area contributed by atoms with E-state index < -0.39 is 5.97 Å². The van der Waals surface area contributed by atoms with Crippen LogP contribution in [0.1, 0.15) is 0 Å². The van der Waals surface area contributed by atoms with Crippen LogP contribution >= 0.6 is 0 Å². The Bertz CT molecular complexity index is 146. The molecule has 0 aliphatic heterocycles. The second kappa shape index (κ2) is 8.19. The summed E-state index contributed by atoms with van der Waals surface area (Å²) in [5.41, 5.74) is 2.55. The highest BCUT2D eigenvalue weighted by molar-refractivity contribution is 5.79. The molecule has 0 spiro atoms. The van der Waals surface area contributed by atoms with Gasteiger partial charge in [0.05, 0.1) is 13.2 Å². The number of hydrogen-bond acceptors (Lipinski definition) is 4. The van der Waals surface area contributed by atoms with Gasteiger partial charge < -0.3 is 9.84 Å². The molecular weight excluding hydrogens is 162 g/mol. The Morgan fingerprint density at radius 1 is 1.58 bits per heavy atom. The highest BCUT2D eigenvalue weighted by Crippen LogP contribution is 1.73. The Labute approximate surface area is 70.9 Å². The molecule has 70 valence electrons. The van der Waals surface area contributed by atoms with Gasteiger partial charge in [-0.05, 0) is 0 Å². The van der Waals surface area contributed by atoms with E-state index in [1.807, 2.05) is 0 Å². The maximum Gasteiger partial charge on any atom is 0.328 e. The molecule has 0 radical (unpaired) electrons. The van der Waals surface area contributed by atoms with E-state index in [9.17, 15) is 4.79 Å². The first kappa shape index (κ1) is 11.1. The smallest absolute Gasteiger partial charge is 0.328 e. The van der Waals surface area contributed by atoms with Crippen molar-refractivity contribution in [3.63, 3.8) is 0 Å². The van der Waals surface area contributed by atoms with Gasteiger partial charge in [-0.3, -0.25) is 4.84 Å². The van der Waals surface area contributed by atoms with E-state index in [2.05, 4.69) is 5.48 Å². The largest absolute Gasteiger partial charge is 0.478 e. The van der Waals surface area contributed by atoms with Crippen LogP contribution in [0.2, 0.25) is 0 Å². The van der Waals surface area contributed by atoms with E-state index in [4.69, 9.17) is 14.7 Å². The van der Waals surface area contributed by atoms with Crippen LogP contribution in [0.5, 0.6) is 0 Å². The normalized spacial score (nSPS) is 10.8. The molecule has 0 amide bonds. The van der Waals surface area contributed by atoms with Crippen molar-refractivity contribution in [1.82, 2.24) is 5.48 Å². The molecule has 12 heavy (non-hydrogen) atoms. The lowest BCUT2D eigenvalue weighted by molar-refractivity contribution is -0.131. The number of carboxylic acid groups (broad SMARTS) is 1. The van der Waals surface area contributed by atoms with Crippen LogP contribution in [0.4, 0.5) is 0 Å². The monoisotopic (exact) mass is 175 g/mol. The number of nitrogens with one attached hydrogen (secondary N) is 1. The summed E-state index contributed by atoms with van der Waals surface area (Å²) in [5, 5.41) is 8.18. The fourth-order valence-electron chi connectivity index (χ4n) is 0.464. The molecule has 0 unspecified atom stereocenters. The van der Waals surface area contributed by atoms with Gasteiger partial charge in [0.25, 0.3) is 0 Å². The van der Waals surface area contributed by atoms with Gasteiger partial charge in [-0.25, -0.2) is 4.79 Å². The predicted molar refractivity (Wildman–Crippen MR) is 42.6 cm³/mol. The van der Waals surface area contributed by atoms with Crippen molar-refractivity contribution in [2.24, 2.45) is 0 Å². The van der Waals surface area contributed by atoms with Gasteiger partial charge in [-0.2, -0.15) is 5.48 Å². The van der Waals surface area contributed by atoms with Crippen LogP contribution in [-0.4, -0.2) is 37.9 Å². The summed E-state index contributed by atoms with van der Waals surface area (Å²) in [5.74, 6) is -0.964. The Hall–Kier alpha value is -0.910. The van der Waals surface area contributed by atoms with Gasteiger partial charge in [0.15, 0.2) is 0 Å². The van der Waals surface area contributed by atoms with E-state index in [-0.39, 0.29) is 0 Å². The number of hydroxylamine groups is 1. The maximum atomic E-state index is 9.96. The summed E-state index contributed by atoms with van der Waals surface area (Å²) in [6.45, 7) is 1.32. The molecule has 0 aromatic rings. The summed E-state index contributed by atoms with van der Waals surface area (Å²) in [4.78, 5) is 14.8. The zero-order chi connectivity index (χ0) is 9.23. The van der Waals surface area contributed by atoms with Gasteiger partial charge in [-0.1, -0.05) is 6.08 Å². The van der Waals surface area contributed by atoms with Gasteiger partial charge in [-0.15, -0.1) is 0 Å². The number of hydrogen-bond donors (Lipinski definition) is 2. The highest BCUT2D eigenvalue weighted by atomic mass is 16.7. The molecule has 0 saturated heterocycles. The first-order valence-corrected chi connectivity index (χ1v) is 3.50. The minimum Gasteiger partial charge on any atom is -0.478 e. The predicted octanol–water partition coefficient (Wildman–Crippen LogP) is -0.205. The van der Waals surface area contributed by atoms with Crippen molar-refractivity contribution in [3.05, 3.63) is 12.2 Å². The minimum absolute atomic E-state index is 0.371. The number of aliphatic carboxylic acids is 1. The van der Waals surface area contributed by atoms with E-state index in [0.29, 0.717) is 19.8 Å². The first-order chi connectivity index (χ1) is 5.77. The molecule has 0 aliphatic carbocycles. The zero-order valence-corrected chi connectivity index (χ0v) is 6.95. The number of carboxylic acids is 1. The lowest BCUT2D eigenvalue weighted by Crippen LogP contribution is -2.17. The molecule has 0 saturated carbocycles. The second-order valence-electron chi connectivity index (χ2n) is 1.93. The number of ether oxygens (including phenoxy) is 1. The Balaban J connectivity index is 3.05. The minimum atomic E-state index is -0.964. The van der Waals surface area contributed by atoms with Gasteiger partial charge in [0.2, 0.25) is 0 Å². The molecular formula is C7H13NO4. The molecule has 5 nitrogen and oxygen atoms in total. The molecule has 0 aromatic carbocycles. The molecule has 0 fully saturated rings. The van der Waals surface area contributed by atoms with Crippen molar-refractivity contribution in [2.45, 2.75) is 0 Å². The first-order valence-electron chi connectivity index (χ1n) is 3.50. The quantitative estimate of drug-likeness (QED) is 0.318. The standard InChI is InChI=1S/C7H13NO4/c1-11-5-6-12-8-4-2-3-7(9)10/h2-3,8H,4-6H2,1H3,(H,9,10)/b3-2+. The molecule has 0 atom stereocenters. The van der Waals surface area contributed by atoms with Crippen molar-refractivity contribution in [1.29, 1.82) is 0 Å². The summed E-state index contributed by atoms with van der Waals surface area (Å²) < 4.78 is 4.71. The van der Waals surface area contributed by atoms with Crippen LogP contribution in [0.3, 0.4) is 0 Å². The fraction of sp³-hybridized carbons (Fsp3) is 0.571. The third-order valence-electron chi connectivity index (χ3n) is 0.953. The van der Waals surface area contributed by atoms with Crippen LogP contribution in [0, 0.1) is 0 Å². The number of rotatable bonds is 7. The van der Waals surface area contributed by atoms with E-state index in [1.165, 1.54) is 6.08 Å². The highest BCUT2D eigenvalue weighted by Gasteiger charge is 1.85. The molecule has 2 N–H and O–H groups in total. The van der Waals surface area contributed by atoms with Gasteiger partial charge >= 0.3 is 5.97 Å². The van der Waals surface area contributed by atoms with Crippen molar-refractivity contribution >= 4 is 5.97 Å². The molecule has 0 bridgehead atoms. The molecule has 0 heterocycles. The topological polar surface area (TPSA) is 67.8 Å². The molecule has 0 aromatic heterocycles. The SMILES string of the molecule is COCCONC/C=C/C(=O)O. The van der Waals surface area contributed by atoms with Gasteiger partial charge in [0.1, 0.15) is 0 Å². The van der Waals surface area contributed by atoms with E-state index in [0.717, 1.165) is 6.08 Å². The summed E-state index contributed by atoms with van der Waals surface area (Å²) in [6.07, 6.45) is 2.50. The maximum absolute atomic E-state index is 9.96. The summed E-state index contributed by atoms with van der Waals surface area (Å²) >= 11 is 0. The van der Waals surface area contributed by atoms with E-state index in [1.54, 1.807) is 7.11 Å².